The summed E-state index contributed by atoms with van der Waals surface area (Å²) in [5.41, 5.74) is -0.0255. The number of amides is 1. The van der Waals surface area contributed by atoms with Crippen molar-refractivity contribution >= 4 is 29.6 Å². The molecule has 0 aromatic rings. The Labute approximate surface area is 143 Å². The monoisotopic (exact) mass is 356 g/mol. The number of aliphatic carboxylic acids is 1. The zero-order valence-corrected chi connectivity index (χ0v) is 14.3. The third kappa shape index (κ3) is 2.60. The van der Waals surface area contributed by atoms with Crippen LogP contribution in [0.2, 0.25) is 0 Å². The number of likely N-dealkylation sites (tertiary alicyclic amines) is 1. The lowest BCUT2D eigenvalue weighted by molar-refractivity contribution is -0.156. The van der Waals surface area contributed by atoms with Crippen molar-refractivity contribution in [3.05, 3.63) is 10.6 Å². The van der Waals surface area contributed by atoms with Gasteiger partial charge in [0.1, 0.15) is 17.1 Å². The third-order valence-corrected chi connectivity index (χ3v) is 6.11. The number of aliphatic hydroxyl groups excluding tert-OH is 1. The molecule has 2 fully saturated rings. The molecule has 3 heterocycles. The van der Waals surface area contributed by atoms with E-state index >= 15 is 0 Å². The summed E-state index contributed by atoms with van der Waals surface area (Å²) < 4.78 is 4.81. The summed E-state index contributed by atoms with van der Waals surface area (Å²) in [6.07, 6.45) is 0.688. The third-order valence-electron chi connectivity index (χ3n) is 4.76. The fraction of sp³-hybridized carbons (Fsp3) is 0.667. The fourth-order valence-electron chi connectivity index (χ4n) is 3.57. The largest absolute Gasteiger partial charge is 0.477 e. The van der Waals surface area contributed by atoms with Gasteiger partial charge >= 0.3 is 11.9 Å². The second-order valence-corrected chi connectivity index (χ2v) is 7.42. The van der Waals surface area contributed by atoms with E-state index in [0.29, 0.717) is 24.4 Å². The lowest BCUT2D eigenvalue weighted by Gasteiger charge is -2.43. The normalized spacial score (nSPS) is 31.0. The molecule has 0 unspecified atom stereocenters. The van der Waals surface area contributed by atoms with Gasteiger partial charge in [-0.15, -0.1) is 11.8 Å². The highest BCUT2D eigenvalue weighted by molar-refractivity contribution is 8.04. The summed E-state index contributed by atoms with van der Waals surface area (Å²) in [4.78, 5) is 39.3. The molecular formula is C15H20N2O6S. The molecule has 2 N–H and O–H groups in total. The molecule has 2 saturated heterocycles. The highest BCUT2D eigenvalue weighted by atomic mass is 32.2. The van der Waals surface area contributed by atoms with Gasteiger partial charge in [-0.1, -0.05) is 0 Å². The molecule has 0 aliphatic carbocycles. The number of carboxylic acid groups (broad SMARTS) is 1. The Morgan fingerprint density at radius 1 is 1.46 bits per heavy atom. The number of thioether (sulfide) groups is 1. The summed E-state index contributed by atoms with van der Waals surface area (Å²) in [5.74, 6) is -2.43. The Hall–Kier alpha value is -1.58. The Morgan fingerprint density at radius 2 is 2.17 bits per heavy atom. The average Bonchev–Trinajstić information content (AvgIpc) is 3.09. The zero-order chi connectivity index (χ0) is 17.6. The number of nitrogens with zero attached hydrogens (tertiary/aromatic N) is 2. The van der Waals surface area contributed by atoms with Gasteiger partial charge in [0, 0.05) is 11.4 Å². The van der Waals surface area contributed by atoms with E-state index in [9.17, 15) is 24.6 Å². The molecule has 3 rings (SSSR count). The number of carbonyl (C=O) groups excluding carboxylic acids is 2. The molecule has 1 amide bonds. The number of carbonyl (C=O) groups is 3. The highest BCUT2D eigenvalue weighted by Crippen LogP contribution is 2.50. The van der Waals surface area contributed by atoms with Crippen LogP contribution in [0.25, 0.3) is 0 Å². The number of rotatable bonds is 5. The lowest BCUT2D eigenvalue weighted by atomic mass is 9.92. The summed E-state index contributed by atoms with van der Waals surface area (Å²) in [7, 11) is 1.34. The van der Waals surface area contributed by atoms with E-state index in [4.69, 9.17) is 4.74 Å². The van der Waals surface area contributed by atoms with Crippen LogP contribution in [0.3, 0.4) is 0 Å². The van der Waals surface area contributed by atoms with Crippen molar-refractivity contribution in [2.45, 2.75) is 37.3 Å². The molecule has 0 aromatic heterocycles. The Balaban J connectivity index is 1.81. The van der Waals surface area contributed by atoms with Crippen LogP contribution in [0, 0.1) is 5.92 Å². The maximum absolute atomic E-state index is 12.2. The molecule has 4 atom stereocenters. The van der Waals surface area contributed by atoms with E-state index in [-0.39, 0.29) is 29.0 Å². The summed E-state index contributed by atoms with van der Waals surface area (Å²) in [6, 6.07) is -0.380. The first-order valence-corrected chi connectivity index (χ1v) is 8.71. The van der Waals surface area contributed by atoms with Crippen LogP contribution in [0.5, 0.6) is 0 Å². The van der Waals surface area contributed by atoms with E-state index in [2.05, 4.69) is 0 Å². The van der Waals surface area contributed by atoms with Crippen molar-refractivity contribution in [1.29, 1.82) is 0 Å². The van der Waals surface area contributed by atoms with Crippen LogP contribution in [-0.4, -0.2) is 75.6 Å². The quantitative estimate of drug-likeness (QED) is 0.517. The van der Waals surface area contributed by atoms with Gasteiger partial charge in [0.2, 0.25) is 5.91 Å². The molecule has 8 nitrogen and oxygen atoms in total. The maximum Gasteiger partial charge on any atom is 0.353 e. The molecule has 0 bridgehead atoms. The molecule has 3 aliphatic heterocycles. The van der Waals surface area contributed by atoms with Gasteiger partial charge < -0.3 is 14.9 Å². The number of esters is 1. The number of hydrogen-bond donors (Lipinski definition) is 2. The minimum absolute atomic E-state index is 0.0255. The lowest BCUT2D eigenvalue weighted by Crippen LogP contribution is -2.60. The van der Waals surface area contributed by atoms with Crippen molar-refractivity contribution in [3.8, 4) is 0 Å². The number of carboxylic acids is 1. The number of aliphatic hydroxyl groups is 1. The van der Waals surface area contributed by atoms with Crippen LogP contribution in [0.15, 0.2) is 10.6 Å². The van der Waals surface area contributed by atoms with Gasteiger partial charge in [0.05, 0.1) is 19.1 Å². The number of ether oxygens (including phenoxy) is 1. The molecule has 0 spiro atoms. The predicted octanol–water partition coefficient (Wildman–Crippen LogP) is -0.168. The molecule has 9 heteroatoms. The van der Waals surface area contributed by atoms with Crippen molar-refractivity contribution in [2.75, 3.05) is 20.2 Å². The second kappa shape index (κ2) is 6.38. The van der Waals surface area contributed by atoms with Crippen molar-refractivity contribution in [3.63, 3.8) is 0 Å². The van der Waals surface area contributed by atoms with E-state index in [0.717, 1.165) is 6.42 Å². The van der Waals surface area contributed by atoms with Crippen LogP contribution < -0.4 is 0 Å². The van der Waals surface area contributed by atoms with Crippen LogP contribution in [0.1, 0.15) is 19.8 Å². The standard InChI is InChI=1S/C15H20N2O6S/c1-7(18)10-12(19)17-11(14(20)21)9(24-13(10)17)6-16-5-3-4-8(16)15(22)23-2/h7-8,10,13,18H,3-6H2,1-2H3,(H,20,21)/t7-,8+,10+,13-/m1/s1. The number of fused-ring (bicyclic) bond motifs is 1. The van der Waals surface area contributed by atoms with Gasteiger partial charge in [-0.3, -0.25) is 19.4 Å². The Kier molecular flexibility index (Phi) is 4.58. The average molecular weight is 356 g/mol. The summed E-state index contributed by atoms with van der Waals surface area (Å²) in [5, 5.41) is 18.9. The number of β-lactam (4-membered cyclic amide) rings is 1. The maximum atomic E-state index is 12.2. The first-order valence-electron chi connectivity index (χ1n) is 7.83. The predicted molar refractivity (Wildman–Crippen MR) is 84.7 cm³/mol. The number of methoxy groups -OCH3 is 1. The summed E-state index contributed by atoms with van der Waals surface area (Å²) >= 11 is 1.30. The minimum Gasteiger partial charge on any atom is -0.477 e. The smallest absolute Gasteiger partial charge is 0.353 e. The first-order chi connectivity index (χ1) is 11.4. The highest BCUT2D eigenvalue weighted by Gasteiger charge is 2.57. The molecular weight excluding hydrogens is 336 g/mol. The Bertz CT molecular complexity index is 619. The molecule has 0 aromatic carbocycles. The van der Waals surface area contributed by atoms with Gasteiger partial charge in [0.25, 0.3) is 0 Å². The van der Waals surface area contributed by atoms with Crippen LogP contribution >= 0.6 is 11.8 Å². The SMILES string of the molecule is COC(=O)[C@@H]1CCCN1CC1=C(C(=O)O)N2C(=O)[C@H]([C@@H](C)O)[C@H]2S1. The van der Waals surface area contributed by atoms with E-state index in [1.807, 2.05) is 4.90 Å². The molecule has 3 aliphatic rings. The first kappa shape index (κ1) is 17.2. The van der Waals surface area contributed by atoms with E-state index in [1.54, 1.807) is 0 Å². The second-order valence-electron chi connectivity index (χ2n) is 6.21. The van der Waals surface area contributed by atoms with Gasteiger partial charge in [0.15, 0.2) is 0 Å². The van der Waals surface area contributed by atoms with Gasteiger partial charge in [-0.2, -0.15) is 0 Å². The van der Waals surface area contributed by atoms with Gasteiger partial charge in [-0.25, -0.2) is 4.79 Å². The summed E-state index contributed by atoms with van der Waals surface area (Å²) in [6.45, 7) is 2.50. The van der Waals surface area contributed by atoms with Gasteiger partial charge in [-0.05, 0) is 26.3 Å². The molecule has 0 radical (unpaired) electrons. The van der Waals surface area contributed by atoms with Crippen LogP contribution in [0.4, 0.5) is 0 Å². The van der Waals surface area contributed by atoms with E-state index < -0.39 is 18.0 Å². The zero-order valence-electron chi connectivity index (χ0n) is 13.5. The molecule has 0 saturated carbocycles. The van der Waals surface area contributed by atoms with Crippen molar-refractivity contribution < 1.29 is 29.3 Å². The number of hydrogen-bond acceptors (Lipinski definition) is 7. The fourth-order valence-corrected chi connectivity index (χ4v) is 5.20. The topological polar surface area (TPSA) is 107 Å². The van der Waals surface area contributed by atoms with Crippen molar-refractivity contribution in [2.24, 2.45) is 5.92 Å². The van der Waals surface area contributed by atoms with E-state index in [1.165, 1.54) is 30.7 Å². The Morgan fingerprint density at radius 3 is 2.75 bits per heavy atom. The molecule has 24 heavy (non-hydrogen) atoms. The minimum atomic E-state index is -1.16. The molecule has 132 valence electrons. The van der Waals surface area contributed by atoms with Crippen LogP contribution in [-0.2, 0) is 19.1 Å². The van der Waals surface area contributed by atoms with Crippen molar-refractivity contribution in [1.82, 2.24) is 9.80 Å².